The lowest BCUT2D eigenvalue weighted by Gasteiger charge is -2.16. The highest BCUT2D eigenvalue weighted by Gasteiger charge is 2.15. The van der Waals surface area contributed by atoms with Crippen LogP contribution in [0.5, 0.6) is 0 Å². The van der Waals surface area contributed by atoms with Crippen molar-refractivity contribution >= 4 is 11.3 Å². The van der Waals surface area contributed by atoms with Gasteiger partial charge < -0.3 is 5.32 Å². The number of thiophene rings is 1. The van der Waals surface area contributed by atoms with Gasteiger partial charge in [-0.15, -0.1) is 11.3 Å². The molecule has 1 aromatic carbocycles. The van der Waals surface area contributed by atoms with Gasteiger partial charge in [-0.05, 0) is 49.0 Å². The normalized spacial score (nSPS) is 12.6. The van der Waals surface area contributed by atoms with Gasteiger partial charge in [0.25, 0.3) is 0 Å². The third-order valence-corrected chi connectivity index (χ3v) is 4.08. The van der Waals surface area contributed by atoms with Crippen molar-refractivity contribution in [1.29, 1.82) is 0 Å². The number of hydrogen-bond acceptors (Lipinski definition) is 2. The van der Waals surface area contributed by atoms with E-state index in [-0.39, 0.29) is 11.9 Å². The standard InChI is InChI=1S/C14H16FNS/c1-10-7-8-17-14(10)13(16-2)9-11-5-3-4-6-12(11)15/h3-8,13,16H,9H2,1-2H3. The summed E-state index contributed by atoms with van der Waals surface area (Å²) in [5.41, 5.74) is 2.03. The van der Waals surface area contributed by atoms with E-state index < -0.39 is 0 Å². The first-order valence-corrected chi connectivity index (χ1v) is 6.55. The van der Waals surface area contributed by atoms with E-state index in [1.807, 2.05) is 19.2 Å². The Bertz CT molecular complexity index is 492. The molecule has 0 fully saturated rings. The predicted octanol–water partition coefficient (Wildman–Crippen LogP) is 3.70. The zero-order valence-corrected chi connectivity index (χ0v) is 10.9. The molecule has 90 valence electrons. The van der Waals surface area contributed by atoms with Gasteiger partial charge in [0.15, 0.2) is 0 Å². The number of benzene rings is 1. The molecule has 0 aliphatic carbocycles. The van der Waals surface area contributed by atoms with E-state index >= 15 is 0 Å². The summed E-state index contributed by atoms with van der Waals surface area (Å²) in [6, 6.07) is 9.26. The Hall–Kier alpha value is -1.19. The topological polar surface area (TPSA) is 12.0 Å². The molecular formula is C14H16FNS. The molecule has 1 atom stereocenters. The average molecular weight is 249 g/mol. The van der Waals surface area contributed by atoms with E-state index in [0.29, 0.717) is 6.42 Å². The predicted molar refractivity (Wildman–Crippen MR) is 71.0 cm³/mol. The Morgan fingerprint density at radius 1 is 1.29 bits per heavy atom. The largest absolute Gasteiger partial charge is 0.312 e. The number of hydrogen-bond donors (Lipinski definition) is 1. The maximum atomic E-state index is 13.6. The number of aryl methyl sites for hydroxylation is 1. The summed E-state index contributed by atoms with van der Waals surface area (Å²) in [7, 11) is 1.92. The van der Waals surface area contributed by atoms with Crippen molar-refractivity contribution < 1.29 is 4.39 Å². The van der Waals surface area contributed by atoms with Crippen LogP contribution < -0.4 is 5.32 Å². The van der Waals surface area contributed by atoms with Crippen molar-refractivity contribution in [3.8, 4) is 0 Å². The van der Waals surface area contributed by atoms with Crippen molar-refractivity contribution in [1.82, 2.24) is 5.32 Å². The van der Waals surface area contributed by atoms with Crippen LogP contribution in [0.15, 0.2) is 35.7 Å². The monoisotopic (exact) mass is 249 g/mol. The molecular weight excluding hydrogens is 233 g/mol. The van der Waals surface area contributed by atoms with Crippen LogP contribution in [0.4, 0.5) is 4.39 Å². The fourth-order valence-corrected chi connectivity index (χ4v) is 2.99. The number of likely N-dealkylation sites (N-methyl/N-ethyl adjacent to an activating group) is 1. The second kappa shape index (κ2) is 5.43. The molecule has 2 rings (SSSR count). The zero-order valence-electron chi connectivity index (χ0n) is 10.0. The Kier molecular flexibility index (Phi) is 3.92. The Morgan fingerprint density at radius 2 is 2.06 bits per heavy atom. The van der Waals surface area contributed by atoms with Gasteiger partial charge in [-0.1, -0.05) is 18.2 Å². The first kappa shape index (κ1) is 12.3. The zero-order chi connectivity index (χ0) is 12.3. The summed E-state index contributed by atoms with van der Waals surface area (Å²) in [6.45, 7) is 2.09. The van der Waals surface area contributed by atoms with Crippen LogP contribution in [-0.2, 0) is 6.42 Å². The van der Waals surface area contributed by atoms with Gasteiger partial charge in [0.2, 0.25) is 0 Å². The third-order valence-electron chi connectivity index (χ3n) is 2.95. The van der Waals surface area contributed by atoms with Crippen molar-refractivity contribution in [2.75, 3.05) is 7.05 Å². The quantitative estimate of drug-likeness (QED) is 0.871. The molecule has 0 bridgehead atoms. The van der Waals surface area contributed by atoms with E-state index in [1.165, 1.54) is 16.5 Å². The summed E-state index contributed by atoms with van der Waals surface area (Å²) in [6.07, 6.45) is 0.685. The van der Waals surface area contributed by atoms with Crippen LogP contribution in [0.2, 0.25) is 0 Å². The maximum absolute atomic E-state index is 13.6. The van der Waals surface area contributed by atoms with Gasteiger partial charge in [0.1, 0.15) is 5.82 Å². The number of halogens is 1. The van der Waals surface area contributed by atoms with Gasteiger partial charge in [-0.25, -0.2) is 4.39 Å². The van der Waals surface area contributed by atoms with Crippen molar-refractivity contribution in [2.45, 2.75) is 19.4 Å². The van der Waals surface area contributed by atoms with Gasteiger partial charge >= 0.3 is 0 Å². The second-order valence-electron chi connectivity index (χ2n) is 4.10. The van der Waals surface area contributed by atoms with E-state index in [2.05, 4.69) is 23.7 Å². The summed E-state index contributed by atoms with van der Waals surface area (Å²) >= 11 is 1.72. The Balaban J connectivity index is 2.22. The molecule has 3 heteroatoms. The lowest BCUT2D eigenvalue weighted by atomic mass is 10.0. The number of rotatable bonds is 4. The van der Waals surface area contributed by atoms with Crippen molar-refractivity contribution in [3.63, 3.8) is 0 Å². The van der Waals surface area contributed by atoms with Crippen LogP contribution in [0.3, 0.4) is 0 Å². The Labute approximate surface area is 105 Å². The van der Waals surface area contributed by atoms with Gasteiger partial charge in [-0.3, -0.25) is 0 Å². The van der Waals surface area contributed by atoms with Gasteiger partial charge in [-0.2, -0.15) is 0 Å². The smallest absolute Gasteiger partial charge is 0.126 e. The van der Waals surface area contributed by atoms with Crippen LogP contribution in [0.25, 0.3) is 0 Å². The van der Waals surface area contributed by atoms with Crippen LogP contribution in [0.1, 0.15) is 22.0 Å². The maximum Gasteiger partial charge on any atom is 0.126 e. The average Bonchev–Trinajstić information content (AvgIpc) is 2.75. The van der Waals surface area contributed by atoms with Crippen molar-refractivity contribution in [2.24, 2.45) is 0 Å². The minimum Gasteiger partial charge on any atom is -0.312 e. The molecule has 1 nitrogen and oxygen atoms in total. The van der Waals surface area contributed by atoms with E-state index in [4.69, 9.17) is 0 Å². The molecule has 0 saturated carbocycles. The minimum absolute atomic E-state index is 0.123. The van der Waals surface area contributed by atoms with Crippen LogP contribution >= 0.6 is 11.3 Å². The van der Waals surface area contributed by atoms with Crippen molar-refractivity contribution in [3.05, 3.63) is 57.5 Å². The third kappa shape index (κ3) is 2.73. The van der Waals surface area contributed by atoms with E-state index in [9.17, 15) is 4.39 Å². The number of nitrogens with one attached hydrogen (secondary N) is 1. The molecule has 0 amide bonds. The summed E-state index contributed by atoms with van der Waals surface area (Å²) in [5, 5.41) is 5.34. The molecule has 1 unspecified atom stereocenters. The summed E-state index contributed by atoms with van der Waals surface area (Å²) in [5.74, 6) is -0.123. The molecule has 0 aliphatic heterocycles. The molecule has 1 aromatic heterocycles. The molecule has 0 aliphatic rings. The molecule has 0 spiro atoms. The van der Waals surface area contributed by atoms with Crippen LogP contribution in [-0.4, -0.2) is 7.05 Å². The fraction of sp³-hybridized carbons (Fsp3) is 0.286. The van der Waals surface area contributed by atoms with Gasteiger partial charge in [0.05, 0.1) is 0 Å². The van der Waals surface area contributed by atoms with Crippen LogP contribution in [0, 0.1) is 12.7 Å². The van der Waals surface area contributed by atoms with E-state index in [1.54, 1.807) is 17.4 Å². The molecule has 2 aromatic rings. The molecule has 0 radical (unpaired) electrons. The minimum atomic E-state index is -0.123. The highest BCUT2D eigenvalue weighted by Crippen LogP contribution is 2.27. The Morgan fingerprint density at radius 3 is 2.65 bits per heavy atom. The highest BCUT2D eigenvalue weighted by atomic mass is 32.1. The molecule has 1 N–H and O–H groups in total. The van der Waals surface area contributed by atoms with E-state index in [0.717, 1.165) is 5.56 Å². The summed E-state index contributed by atoms with van der Waals surface area (Å²) < 4.78 is 13.6. The fourth-order valence-electron chi connectivity index (χ4n) is 1.95. The molecule has 1 heterocycles. The molecule has 17 heavy (non-hydrogen) atoms. The van der Waals surface area contributed by atoms with Gasteiger partial charge in [0, 0.05) is 10.9 Å². The first-order chi connectivity index (χ1) is 8.22. The molecule has 0 saturated heterocycles. The highest BCUT2D eigenvalue weighted by molar-refractivity contribution is 7.10. The lowest BCUT2D eigenvalue weighted by Crippen LogP contribution is -2.19. The first-order valence-electron chi connectivity index (χ1n) is 5.67. The second-order valence-corrected chi connectivity index (χ2v) is 5.05. The SMILES string of the molecule is CNC(Cc1ccccc1F)c1sccc1C. The lowest BCUT2D eigenvalue weighted by molar-refractivity contribution is 0.558. The summed E-state index contributed by atoms with van der Waals surface area (Å²) in [4.78, 5) is 1.29.